The molecule has 178 valence electrons. The van der Waals surface area contributed by atoms with Crippen molar-refractivity contribution in [1.82, 2.24) is 24.3 Å². The zero-order chi connectivity index (χ0) is 23.6. The first kappa shape index (κ1) is 21.6. The SMILES string of the molecule is Nc1nccn2c(C3CCC(COCNc4cccnc4)CC3)nc(-c3cc4ccccc4[nH]3)c12. The molecular formula is C27H29N7O. The van der Waals surface area contributed by atoms with Crippen molar-refractivity contribution >= 4 is 27.9 Å². The van der Waals surface area contributed by atoms with E-state index in [4.69, 9.17) is 15.5 Å². The minimum absolute atomic E-state index is 0.382. The summed E-state index contributed by atoms with van der Waals surface area (Å²) in [7, 11) is 0. The van der Waals surface area contributed by atoms with Crippen molar-refractivity contribution in [3.8, 4) is 11.4 Å². The summed E-state index contributed by atoms with van der Waals surface area (Å²) in [4.78, 5) is 17.1. The van der Waals surface area contributed by atoms with Gasteiger partial charge in [-0.05, 0) is 55.9 Å². The molecule has 0 amide bonds. The number of anilines is 2. The molecule has 35 heavy (non-hydrogen) atoms. The van der Waals surface area contributed by atoms with E-state index in [-0.39, 0.29) is 0 Å². The standard InChI is InChI=1S/C27H29N7O/c28-26-25-24(23-14-20-4-1-2-6-22(20)32-23)33-27(34(25)13-12-30-26)19-9-7-18(8-10-19)16-35-17-31-21-5-3-11-29-15-21/h1-6,11-15,18-19,31-32H,7-10,16-17H2,(H2,28,30). The van der Waals surface area contributed by atoms with Gasteiger partial charge in [-0.15, -0.1) is 0 Å². The maximum Gasteiger partial charge on any atom is 0.150 e. The van der Waals surface area contributed by atoms with E-state index in [1.165, 1.54) is 0 Å². The molecule has 0 radical (unpaired) electrons. The van der Waals surface area contributed by atoms with Gasteiger partial charge in [-0.2, -0.15) is 0 Å². The third-order valence-electron chi connectivity index (χ3n) is 7.00. The van der Waals surface area contributed by atoms with Crippen molar-refractivity contribution in [3.05, 3.63) is 73.1 Å². The highest BCUT2D eigenvalue weighted by Gasteiger charge is 2.28. The fourth-order valence-electron chi connectivity index (χ4n) is 5.18. The number of nitrogens with two attached hydrogens (primary N) is 1. The molecule has 0 spiro atoms. The number of fused-ring (bicyclic) bond motifs is 2. The number of aromatic nitrogens is 5. The zero-order valence-corrected chi connectivity index (χ0v) is 19.5. The van der Waals surface area contributed by atoms with Crippen LogP contribution in [0.5, 0.6) is 0 Å². The van der Waals surface area contributed by atoms with Crippen LogP contribution in [0.25, 0.3) is 27.8 Å². The highest BCUT2D eigenvalue weighted by Crippen LogP contribution is 2.38. The van der Waals surface area contributed by atoms with E-state index in [1.807, 2.05) is 30.5 Å². The van der Waals surface area contributed by atoms with Crippen LogP contribution in [-0.2, 0) is 4.74 Å². The third kappa shape index (κ3) is 4.33. The van der Waals surface area contributed by atoms with Gasteiger partial charge in [0, 0.05) is 41.6 Å². The molecule has 0 aliphatic heterocycles. The quantitative estimate of drug-likeness (QED) is 0.224. The van der Waals surface area contributed by atoms with Crippen LogP contribution in [0.4, 0.5) is 11.5 Å². The Balaban J connectivity index is 1.16. The minimum Gasteiger partial charge on any atom is -0.382 e. The highest BCUT2D eigenvalue weighted by atomic mass is 16.5. The van der Waals surface area contributed by atoms with Gasteiger partial charge in [0.25, 0.3) is 0 Å². The summed E-state index contributed by atoms with van der Waals surface area (Å²) in [6, 6.07) is 14.3. The molecule has 1 aromatic carbocycles. The molecule has 0 atom stereocenters. The number of aromatic amines is 1. The van der Waals surface area contributed by atoms with Crippen LogP contribution >= 0.6 is 0 Å². The Bertz CT molecular complexity index is 1400. The molecule has 8 nitrogen and oxygen atoms in total. The van der Waals surface area contributed by atoms with Crippen molar-refractivity contribution in [2.45, 2.75) is 31.6 Å². The first-order chi connectivity index (χ1) is 17.3. The zero-order valence-electron chi connectivity index (χ0n) is 19.5. The number of H-pyrrole nitrogens is 1. The highest BCUT2D eigenvalue weighted by molar-refractivity contribution is 5.91. The Morgan fingerprint density at radius 2 is 1.97 bits per heavy atom. The van der Waals surface area contributed by atoms with Crippen LogP contribution in [0.3, 0.4) is 0 Å². The lowest BCUT2D eigenvalue weighted by Crippen LogP contribution is -2.20. The summed E-state index contributed by atoms with van der Waals surface area (Å²) in [6.45, 7) is 1.26. The molecule has 1 fully saturated rings. The molecule has 5 aromatic rings. The first-order valence-corrected chi connectivity index (χ1v) is 12.2. The summed E-state index contributed by atoms with van der Waals surface area (Å²) < 4.78 is 8.05. The van der Waals surface area contributed by atoms with Crippen molar-refractivity contribution in [3.63, 3.8) is 0 Å². The topological polar surface area (TPSA) is 106 Å². The minimum atomic E-state index is 0.382. The van der Waals surface area contributed by atoms with Crippen molar-refractivity contribution in [2.75, 3.05) is 24.4 Å². The van der Waals surface area contributed by atoms with Gasteiger partial charge in [0.05, 0.1) is 18.0 Å². The van der Waals surface area contributed by atoms with E-state index in [1.54, 1.807) is 18.6 Å². The van der Waals surface area contributed by atoms with Gasteiger partial charge in [0.2, 0.25) is 0 Å². The predicted octanol–water partition coefficient (Wildman–Crippen LogP) is 5.21. The van der Waals surface area contributed by atoms with Crippen LogP contribution in [0.1, 0.15) is 37.4 Å². The van der Waals surface area contributed by atoms with Crippen LogP contribution < -0.4 is 11.1 Å². The number of pyridine rings is 1. The fourth-order valence-corrected chi connectivity index (χ4v) is 5.18. The Labute approximate surface area is 203 Å². The van der Waals surface area contributed by atoms with Gasteiger partial charge in [-0.1, -0.05) is 18.2 Å². The summed E-state index contributed by atoms with van der Waals surface area (Å²) in [5, 5.41) is 4.41. The molecule has 0 saturated heterocycles. The Morgan fingerprint density at radius 1 is 1.09 bits per heavy atom. The maximum absolute atomic E-state index is 6.35. The van der Waals surface area contributed by atoms with E-state index in [0.717, 1.165) is 71.6 Å². The second kappa shape index (κ2) is 9.38. The Kier molecular flexibility index (Phi) is 5.79. The number of nitrogens with one attached hydrogen (secondary N) is 2. The molecule has 1 aliphatic carbocycles. The van der Waals surface area contributed by atoms with Gasteiger partial charge in [0.1, 0.15) is 29.6 Å². The van der Waals surface area contributed by atoms with Crippen LogP contribution in [0.2, 0.25) is 0 Å². The van der Waals surface area contributed by atoms with E-state index >= 15 is 0 Å². The third-order valence-corrected chi connectivity index (χ3v) is 7.00. The van der Waals surface area contributed by atoms with Crippen LogP contribution in [0.15, 0.2) is 67.3 Å². The first-order valence-electron chi connectivity index (χ1n) is 12.2. The Hall–Kier alpha value is -3.91. The number of imidazole rings is 1. The van der Waals surface area contributed by atoms with Crippen LogP contribution in [-0.4, -0.2) is 37.7 Å². The van der Waals surface area contributed by atoms with Gasteiger partial charge in [-0.3, -0.25) is 9.38 Å². The van der Waals surface area contributed by atoms with Crippen molar-refractivity contribution in [1.29, 1.82) is 0 Å². The number of hydrogen-bond acceptors (Lipinski definition) is 6. The predicted molar refractivity (Wildman–Crippen MR) is 138 cm³/mol. The van der Waals surface area contributed by atoms with E-state index < -0.39 is 0 Å². The number of hydrogen-bond donors (Lipinski definition) is 3. The normalized spacial score (nSPS) is 18.3. The summed E-state index contributed by atoms with van der Waals surface area (Å²) in [6.07, 6.45) is 11.7. The summed E-state index contributed by atoms with van der Waals surface area (Å²) >= 11 is 0. The molecule has 4 heterocycles. The fraction of sp³-hybridized carbons (Fsp3) is 0.296. The molecule has 4 N–H and O–H groups in total. The average molecular weight is 468 g/mol. The Morgan fingerprint density at radius 3 is 2.80 bits per heavy atom. The number of nitrogen functional groups attached to an aromatic ring is 1. The largest absolute Gasteiger partial charge is 0.382 e. The molecule has 1 saturated carbocycles. The smallest absolute Gasteiger partial charge is 0.150 e. The molecular weight excluding hydrogens is 438 g/mol. The molecule has 6 rings (SSSR count). The number of para-hydroxylation sites is 1. The van der Waals surface area contributed by atoms with Gasteiger partial charge in [0.15, 0.2) is 0 Å². The summed E-state index contributed by atoms with van der Waals surface area (Å²) in [5.74, 6) is 2.52. The van der Waals surface area contributed by atoms with Crippen LogP contribution in [0, 0.1) is 5.92 Å². The van der Waals surface area contributed by atoms with Gasteiger partial charge in [-0.25, -0.2) is 9.97 Å². The molecule has 4 aromatic heterocycles. The number of rotatable bonds is 7. The van der Waals surface area contributed by atoms with E-state index in [2.05, 4.69) is 42.9 Å². The maximum atomic E-state index is 6.35. The lowest BCUT2D eigenvalue weighted by molar-refractivity contribution is 0.0948. The lowest BCUT2D eigenvalue weighted by atomic mass is 9.82. The van der Waals surface area contributed by atoms with E-state index in [9.17, 15) is 0 Å². The number of nitrogens with zero attached hydrogens (tertiary/aromatic N) is 4. The van der Waals surface area contributed by atoms with Gasteiger partial charge >= 0.3 is 0 Å². The second-order valence-corrected chi connectivity index (χ2v) is 9.27. The van der Waals surface area contributed by atoms with Crippen molar-refractivity contribution in [2.24, 2.45) is 5.92 Å². The second-order valence-electron chi connectivity index (χ2n) is 9.27. The monoisotopic (exact) mass is 467 g/mol. The number of ether oxygens (including phenoxy) is 1. The lowest BCUT2D eigenvalue weighted by Gasteiger charge is -2.27. The van der Waals surface area contributed by atoms with Gasteiger partial charge < -0.3 is 20.8 Å². The molecule has 0 unspecified atom stereocenters. The molecule has 1 aliphatic rings. The number of benzene rings is 1. The molecule has 8 heteroatoms. The summed E-state index contributed by atoms with van der Waals surface area (Å²) in [5.41, 5.74) is 11.1. The molecule has 0 bridgehead atoms. The van der Waals surface area contributed by atoms with Crippen molar-refractivity contribution < 1.29 is 4.74 Å². The van der Waals surface area contributed by atoms with E-state index in [0.29, 0.717) is 24.4 Å². The average Bonchev–Trinajstić information content (AvgIpc) is 3.50.